The van der Waals surface area contributed by atoms with Gasteiger partial charge in [0.05, 0.1) is 34.1 Å². The number of methoxy groups -OCH3 is 4. The molecule has 0 saturated heterocycles. The summed E-state index contributed by atoms with van der Waals surface area (Å²) in [7, 11) is 6.49. The van der Waals surface area contributed by atoms with E-state index in [2.05, 4.69) is 4.98 Å². The number of hydrogen-bond donors (Lipinski definition) is 0. The van der Waals surface area contributed by atoms with Crippen LogP contribution in [0.5, 0.6) is 23.0 Å². The smallest absolute Gasteiger partial charge is 0.161 e. The van der Waals surface area contributed by atoms with E-state index in [0.717, 1.165) is 22.4 Å². The molecule has 0 spiro atoms. The molecule has 0 aliphatic rings. The highest BCUT2D eigenvalue weighted by Gasteiger charge is 2.14. The van der Waals surface area contributed by atoms with E-state index in [0.29, 0.717) is 23.0 Å². The van der Waals surface area contributed by atoms with Gasteiger partial charge in [-0.1, -0.05) is 12.1 Å². The first-order valence-electron chi connectivity index (χ1n) is 8.11. The number of hydrogen-bond acceptors (Lipinski definition) is 5. The Morgan fingerprint density at radius 2 is 1.15 bits per heavy atom. The third-order valence-corrected chi connectivity index (χ3v) is 4.16. The molecule has 5 nitrogen and oxygen atoms in total. The van der Waals surface area contributed by atoms with Crippen molar-refractivity contribution in [3.63, 3.8) is 0 Å². The monoisotopic (exact) mass is 351 g/mol. The van der Waals surface area contributed by atoms with Crippen molar-refractivity contribution >= 4 is 0 Å². The van der Waals surface area contributed by atoms with Gasteiger partial charge < -0.3 is 18.9 Å². The molecule has 2 aromatic carbocycles. The molecule has 134 valence electrons. The van der Waals surface area contributed by atoms with Crippen molar-refractivity contribution in [2.24, 2.45) is 0 Å². The predicted octanol–water partition coefficient (Wildman–Crippen LogP) is 4.45. The van der Waals surface area contributed by atoms with Crippen LogP contribution in [-0.2, 0) is 0 Å². The van der Waals surface area contributed by atoms with Gasteiger partial charge in [0.15, 0.2) is 23.0 Å². The Hall–Kier alpha value is -3.21. The van der Waals surface area contributed by atoms with E-state index in [1.165, 1.54) is 0 Å². The summed E-state index contributed by atoms with van der Waals surface area (Å²) in [6.07, 6.45) is 1.77. The number of pyridine rings is 1. The van der Waals surface area contributed by atoms with Crippen molar-refractivity contribution in [3.05, 3.63) is 54.7 Å². The molecule has 0 amide bonds. The van der Waals surface area contributed by atoms with Crippen LogP contribution in [-0.4, -0.2) is 33.4 Å². The summed E-state index contributed by atoms with van der Waals surface area (Å²) in [6, 6.07) is 15.5. The van der Waals surface area contributed by atoms with Crippen LogP contribution >= 0.6 is 0 Å². The maximum atomic E-state index is 5.43. The second-order valence-corrected chi connectivity index (χ2v) is 5.54. The fourth-order valence-corrected chi connectivity index (χ4v) is 2.86. The van der Waals surface area contributed by atoms with E-state index < -0.39 is 0 Å². The van der Waals surface area contributed by atoms with Crippen molar-refractivity contribution in [1.82, 2.24) is 4.98 Å². The molecule has 3 aromatic rings. The highest BCUT2D eigenvalue weighted by atomic mass is 16.5. The molecular weight excluding hydrogens is 330 g/mol. The van der Waals surface area contributed by atoms with Crippen LogP contribution in [0.3, 0.4) is 0 Å². The Balaban J connectivity index is 2.13. The van der Waals surface area contributed by atoms with Gasteiger partial charge in [-0.2, -0.15) is 0 Å². The average molecular weight is 351 g/mol. The van der Waals surface area contributed by atoms with Crippen LogP contribution in [0.4, 0.5) is 0 Å². The number of aromatic nitrogens is 1. The van der Waals surface area contributed by atoms with E-state index in [4.69, 9.17) is 18.9 Å². The minimum absolute atomic E-state index is 0.661. The highest BCUT2D eigenvalue weighted by Crippen LogP contribution is 2.38. The second kappa shape index (κ2) is 7.78. The molecule has 0 fully saturated rings. The molecule has 1 heterocycles. The largest absolute Gasteiger partial charge is 0.493 e. The maximum absolute atomic E-state index is 5.43. The lowest BCUT2D eigenvalue weighted by Crippen LogP contribution is -1.94. The quantitative estimate of drug-likeness (QED) is 0.657. The molecule has 0 aliphatic carbocycles. The molecule has 0 bridgehead atoms. The summed E-state index contributed by atoms with van der Waals surface area (Å²) < 4.78 is 21.5. The van der Waals surface area contributed by atoms with Gasteiger partial charge in [0.25, 0.3) is 0 Å². The van der Waals surface area contributed by atoms with E-state index >= 15 is 0 Å². The van der Waals surface area contributed by atoms with Gasteiger partial charge in [0.1, 0.15) is 0 Å². The minimum Gasteiger partial charge on any atom is -0.493 e. The summed E-state index contributed by atoms with van der Waals surface area (Å²) in [5.74, 6) is 2.70. The van der Waals surface area contributed by atoms with Crippen molar-refractivity contribution in [2.75, 3.05) is 28.4 Å². The van der Waals surface area contributed by atoms with Crippen LogP contribution in [0.1, 0.15) is 0 Å². The average Bonchev–Trinajstić information content (AvgIpc) is 2.72. The zero-order chi connectivity index (χ0) is 18.5. The first kappa shape index (κ1) is 17.6. The lowest BCUT2D eigenvalue weighted by molar-refractivity contribution is 0.355. The lowest BCUT2D eigenvalue weighted by Gasteiger charge is -2.14. The molecule has 0 radical (unpaired) electrons. The van der Waals surface area contributed by atoms with Gasteiger partial charge in [0, 0.05) is 17.3 Å². The molecule has 0 saturated carbocycles. The molecule has 3 rings (SSSR count). The van der Waals surface area contributed by atoms with Crippen LogP contribution < -0.4 is 18.9 Å². The van der Waals surface area contributed by atoms with Crippen molar-refractivity contribution in [1.29, 1.82) is 0 Å². The Labute approximate surface area is 153 Å². The van der Waals surface area contributed by atoms with Crippen LogP contribution in [0.25, 0.3) is 22.4 Å². The van der Waals surface area contributed by atoms with Gasteiger partial charge in [-0.3, -0.25) is 4.98 Å². The second-order valence-electron chi connectivity index (χ2n) is 5.54. The lowest BCUT2D eigenvalue weighted by atomic mass is 9.98. The number of rotatable bonds is 6. The molecule has 0 aliphatic heterocycles. The topological polar surface area (TPSA) is 49.8 Å². The van der Waals surface area contributed by atoms with Crippen molar-refractivity contribution in [2.45, 2.75) is 0 Å². The Kier molecular flexibility index (Phi) is 5.27. The first-order valence-corrected chi connectivity index (χ1v) is 8.11. The zero-order valence-electron chi connectivity index (χ0n) is 15.3. The predicted molar refractivity (Wildman–Crippen MR) is 101 cm³/mol. The third-order valence-electron chi connectivity index (χ3n) is 4.16. The SMILES string of the molecule is COc1ccc(-c2cccnc2-c2ccc(OC)c(OC)c2)cc1OC. The van der Waals surface area contributed by atoms with E-state index in [9.17, 15) is 0 Å². The summed E-state index contributed by atoms with van der Waals surface area (Å²) in [6.45, 7) is 0. The van der Waals surface area contributed by atoms with Crippen LogP contribution in [0, 0.1) is 0 Å². The highest BCUT2D eigenvalue weighted by molar-refractivity contribution is 5.82. The van der Waals surface area contributed by atoms with Crippen molar-refractivity contribution < 1.29 is 18.9 Å². The first-order chi connectivity index (χ1) is 12.7. The summed E-state index contributed by atoms with van der Waals surface area (Å²) in [4.78, 5) is 4.59. The van der Waals surface area contributed by atoms with E-state index in [-0.39, 0.29) is 0 Å². The van der Waals surface area contributed by atoms with Gasteiger partial charge in [-0.15, -0.1) is 0 Å². The Morgan fingerprint density at radius 1 is 0.615 bits per heavy atom. The normalized spacial score (nSPS) is 10.3. The fraction of sp³-hybridized carbons (Fsp3) is 0.190. The van der Waals surface area contributed by atoms with Gasteiger partial charge >= 0.3 is 0 Å². The number of ether oxygens (including phenoxy) is 4. The zero-order valence-corrected chi connectivity index (χ0v) is 15.3. The minimum atomic E-state index is 0.661. The van der Waals surface area contributed by atoms with Crippen molar-refractivity contribution in [3.8, 4) is 45.4 Å². The molecular formula is C21H21NO4. The molecule has 0 unspecified atom stereocenters. The van der Waals surface area contributed by atoms with Gasteiger partial charge in [-0.05, 0) is 42.0 Å². The Bertz CT molecular complexity index is 834. The molecule has 1 aromatic heterocycles. The number of benzene rings is 2. The van der Waals surface area contributed by atoms with Gasteiger partial charge in [0.2, 0.25) is 0 Å². The van der Waals surface area contributed by atoms with Crippen LogP contribution in [0.15, 0.2) is 54.7 Å². The molecule has 0 atom stereocenters. The standard InChI is InChI=1S/C21H21NO4/c1-23-17-9-7-14(12-19(17)25-3)16-6-5-11-22-21(16)15-8-10-18(24-2)20(13-15)26-4/h5-13H,1-4H3. The fourth-order valence-electron chi connectivity index (χ4n) is 2.86. The summed E-state index contributed by atoms with van der Waals surface area (Å²) in [5.41, 5.74) is 3.76. The summed E-state index contributed by atoms with van der Waals surface area (Å²) >= 11 is 0. The van der Waals surface area contributed by atoms with E-state index in [1.807, 2.05) is 48.5 Å². The van der Waals surface area contributed by atoms with E-state index in [1.54, 1.807) is 34.6 Å². The Morgan fingerprint density at radius 3 is 1.73 bits per heavy atom. The van der Waals surface area contributed by atoms with Crippen LogP contribution in [0.2, 0.25) is 0 Å². The summed E-state index contributed by atoms with van der Waals surface area (Å²) in [5, 5.41) is 0. The maximum Gasteiger partial charge on any atom is 0.161 e. The third kappa shape index (κ3) is 3.28. The molecule has 26 heavy (non-hydrogen) atoms. The molecule has 0 N–H and O–H groups in total. The molecule has 5 heteroatoms. The van der Waals surface area contributed by atoms with Gasteiger partial charge in [-0.25, -0.2) is 0 Å². The number of nitrogens with zero attached hydrogens (tertiary/aromatic N) is 1.